The lowest BCUT2D eigenvalue weighted by Gasteiger charge is -2.16. The summed E-state index contributed by atoms with van der Waals surface area (Å²) >= 11 is 0. The molecule has 6 heteroatoms. The van der Waals surface area contributed by atoms with Gasteiger partial charge in [0.2, 0.25) is 0 Å². The third-order valence-corrected chi connectivity index (χ3v) is 2.49. The maximum atomic E-state index is 5.59. The first-order valence-electron chi connectivity index (χ1n) is 5.65. The predicted molar refractivity (Wildman–Crippen MR) is 66.6 cm³/mol. The minimum Gasteiger partial charge on any atom is -0.492 e. The Labute approximate surface area is 105 Å². The van der Waals surface area contributed by atoms with E-state index in [-0.39, 0.29) is 6.04 Å². The Morgan fingerprint density at radius 2 is 2.17 bits per heavy atom. The lowest BCUT2D eigenvalue weighted by Crippen LogP contribution is -2.29. The van der Waals surface area contributed by atoms with E-state index in [4.69, 9.17) is 10.6 Å². The largest absolute Gasteiger partial charge is 0.492 e. The molecule has 2 aromatic rings. The summed E-state index contributed by atoms with van der Waals surface area (Å²) in [7, 11) is 0. The van der Waals surface area contributed by atoms with Gasteiger partial charge in [-0.25, -0.2) is 5.43 Å². The number of hydrogen-bond acceptors (Lipinski definition) is 6. The molecule has 0 spiro atoms. The van der Waals surface area contributed by atoms with Crippen molar-refractivity contribution in [3.05, 3.63) is 48.0 Å². The van der Waals surface area contributed by atoms with Crippen molar-refractivity contribution >= 4 is 0 Å². The third kappa shape index (κ3) is 2.79. The van der Waals surface area contributed by atoms with Crippen LogP contribution in [0.4, 0.5) is 0 Å². The van der Waals surface area contributed by atoms with Gasteiger partial charge in [-0.3, -0.25) is 10.8 Å². The number of rotatable bonds is 5. The Morgan fingerprint density at radius 1 is 1.28 bits per heavy atom. The Balaban J connectivity index is 2.30. The van der Waals surface area contributed by atoms with Gasteiger partial charge in [0.15, 0.2) is 0 Å². The zero-order valence-corrected chi connectivity index (χ0v) is 10.1. The molecule has 0 aliphatic carbocycles. The molecule has 0 bridgehead atoms. The molecule has 6 nitrogen and oxygen atoms in total. The molecular weight excluding hydrogens is 230 g/mol. The van der Waals surface area contributed by atoms with Crippen LogP contribution < -0.4 is 16.0 Å². The van der Waals surface area contributed by atoms with Gasteiger partial charge in [-0.05, 0) is 30.2 Å². The molecule has 3 N–H and O–H groups in total. The first-order chi connectivity index (χ1) is 8.85. The van der Waals surface area contributed by atoms with Crippen LogP contribution in [0.25, 0.3) is 0 Å². The highest BCUT2D eigenvalue weighted by atomic mass is 16.5. The molecule has 0 amide bonds. The van der Waals surface area contributed by atoms with Crippen LogP contribution in [0.1, 0.15) is 24.1 Å². The van der Waals surface area contributed by atoms with E-state index in [9.17, 15) is 0 Å². The fourth-order valence-electron chi connectivity index (χ4n) is 1.70. The smallest absolute Gasteiger partial charge is 0.137 e. The quantitative estimate of drug-likeness (QED) is 0.599. The van der Waals surface area contributed by atoms with Crippen molar-refractivity contribution in [1.29, 1.82) is 0 Å². The second-order valence-electron chi connectivity index (χ2n) is 3.66. The van der Waals surface area contributed by atoms with Crippen LogP contribution in [0.3, 0.4) is 0 Å². The minimum atomic E-state index is -0.187. The molecule has 0 radical (unpaired) electrons. The molecule has 1 unspecified atom stereocenters. The number of hydrazine groups is 1. The maximum absolute atomic E-state index is 5.59. The molecule has 0 aliphatic heterocycles. The number of pyridine rings is 1. The van der Waals surface area contributed by atoms with Gasteiger partial charge < -0.3 is 4.74 Å². The summed E-state index contributed by atoms with van der Waals surface area (Å²) in [4.78, 5) is 4.14. The number of ether oxygens (including phenoxy) is 1. The topological polar surface area (TPSA) is 86.0 Å². The second kappa shape index (κ2) is 6.04. The monoisotopic (exact) mass is 245 g/mol. The Morgan fingerprint density at radius 3 is 2.83 bits per heavy atom. The molecule has 2 heterocycles. The normalized spacial score (nSPS) is 12.1. The number of nitrogens with zero attached hydrogens (tertiary/aromatic N) is 3. The van der Waals surface area contributed by atoms with E-state index in [1.165, 1.54) is 0 Å². The minimum absolute atomic E-state index is 0.187. The van der Waals surface area contributed by atoms with E-state index in [2.05, 4.69) is 20.6 Å². The second-order valence-corrected chi connectivity index (χ2v) is 3.66. The highest BCUT2D eigenvalue weighted by Gasteiger charge is 2.13. The van der Waals surface area contributed by atoms with Gasteiger partial charge in [0, 0.05) is 12.4 Å². The average molecular weight is 245 g/mol. The van der Waals surface area contributed by atoms with Crippen LogP contribution in [0.5, 0.6) is 5.75 Å². The summed E-state index contributed by atoms with van der Waals surface area (Å²) in [6, 6.07) is 3.57. The van der Waals surface area contributed by atoms with E-state index >= 15 is 0 Å². The summed E-state index contributed by atoms with van der Waals surface area (Å²) in [6.07, 6.45) is 6.70. The number of hydrogen-bond donors (Lipinski definition) is 2. The lowest BCUT2D eigenvalue weighted by molar-refractivity contribution is 0.338. The van der Waals surface area contributed by atoms with Gasteiger partial charge in [-0.15, -0.1) is 0 Å². The lowest BCUT2D eigenvalue weighted by atomic mass is 10.0. The number of aromatic nitrogens is 3. The summed E-state index contributed by atoms with van der Waals surface area (Å²) in [5.74, 6) is 6.31. The van der Waals surface area contributed by atoms with Crippen molar-refractivity contribution < 1.29 is 4.74 Å². The Hall–Kier alpha value is -2.05. The van der Waals surface area contributed by atoms with E-state index in [1.807, 2.05) is 19.1 Å². The molecule has 0 fully saturated rings. The van der Waals surface area contributed by atoms with Crippen LogP contribution in [0, 0.1) is 0 Å². The first-order valence-corrected chi connectivity index (χ1v) is 5.65. The summed E-state index contributed by atoms with van der Waals surface area (Å²) in [5, 5.41) is 7.58. The van der Waals surface area contributed by atoms with Crippen LogP contribution in [0.15, 0.2) is 36.9 Å². The van der Waals surface area contributed by atoms with Crippen molar-refractivity contribution in [2.24, 2.45) is 5.84 Å². The van der Waals surface area contributed by atoms with Gasteiger partial charge in [0.25, 0.3) is 0 Å². The van der Waals surface area contributed by atoms with Gasteiger partial charge in [-0.2, -0.15) is 10.2 Å². The van der Waals surface area contributed by atoms with Gasteiger partial charge in [0.1, 0.15) is 5.75 Å². The van der Waals surface area contributed by atoms with E-state index in [0.717, 1.165) is 16.9 Å². The molecule has 18 heavy (non-hydrogen) atoms. The van der Waals surface area contributed by atoms with Crippen molar-refractivity contribution in [2.75, 3.05) is 6.61 Å². The summed E-state index contributed by atoms with van der Waals surface area (Å²) in [5.41, 5.74) is 4.57. The fraction of sp³-hybridized carbons (Fsp3) is 0.250. The molecule has 2 rings (SSSR count). The fourth-order valence-corrected chi connectivity index (χ4v) is 1.70. The third-order valence-electron chi connectivity index (χ3n) is 2.49. The van der Waals surface area contributed by atoms with Crippen LogP contribution in [-0.4, -0.2) is 21.8 Å². The predicted octanol–water partition coefficient (Wildman–Crippen LogP) is 0.823. The standard InChI is InChI=1S/C12H15N5O/c1-2-18-11-5-10(6-14-8-11)12(17-13)9-3-4-15-16-7-9/h3-8,12,17H,2,13H2,1H3. The Kier molecular flexibility index (Phi) is 4.16. The molecule has 1 atom stereocenters. The highest BCUT2D eigenvalue weighted by molar-refractivity contribution is 5.32. The molecule has 0 aromatic carbocycles. The van der Waals surface area contributed by atoms with Gasteiger partial charge in [-0.1, -0.05) is 0 Å². The number of nitrogens with two attached hydrogens (primary N) is 1. The van der Waals surface area contributed by atoms with Crippen molar-refractivity contribution in [3.8, 4) is 5.75 Å². The van der Waals surface area contributed by atoms with E-state index in [1.54, 1.807) is 24.8 Å². The molecule has 2 aromatic heterocycles. The molecule has 0 saturated carbocycles. The first kappa shape index (κ1) is 12.4. The van der Waals surface area contributed by atoms with Crippen molar-refractivity contribution in [2.45, 2.75) is 13.0 Å². The summed E-state index contributed by atoms with van der Waals surface area (Å²) in [6.45, 7) is 2.53. The van der Waals surface area contributed by atoms with Crippen LogP contribution in [-0.2, 0) is 0 Å². The molecule has 94 valence electrons. The summed E-state index contributed by atoms with van der Waals surface area (Å²) < 4.78 is 5.42. The molecular formula is C12H15N5O. The van der Waals surface area contributed by atoms with Crippen molar-refractivity contribution in [3.63, 3.8) is 0 Å². The average Bonchev–Trinajstić information content (AvgIpc) is 2.42. The molecule has 0 aliphatic rings. The highest BCUT2D eigenvalue weighted by Crippen LogP contribution is 2.22. The number of nitrogens with one attached hydrogen (secondary N) is 1. The van der Waals surface area contributed by atoms with Gasteiger partial charge >= 0.3 is 0 Å². The zero-order chi connectivity index (χ0) is 12.8. The van der Waals surface area contributed by atoms with Crippen LogP contribution in [0.2, 0.25) is 0 Å². The van der Waals surface area contributed by atoms with Crippen LogP contribution >= 0.6 is 0 Å². The van der Waals surface area contributed by atoms with Crippen molar-refractivity contribution in [1.82, 2.24) is 20.6 Å². The maximum Gasteiger partial charge on any atom is 0.137 e. The van der Waals surface area contributed by atoms with E-state index < -0.39 is 0 Å². The Bertz CT molecular complexity index is 491. The SMILES string of the molecule is CCOc1cncc(C(NN)c2ccnnc2)c1. The van der Waals surface area contributed by atoms with Gasteiger partial charge in [0.05, 0.1) is 25.0 Å². The van der Waals surface area contributed by atoms with E-state index in [0.29, 0.717) is 6.61 Å². The molecule has 0 saturated heterocycles. The zero-order valence-electron chi connectivity index (χ0n) is 10.1.